The number of hydrogen-bond acceptors (Lipinski definition) is 3. The Hall–Kier alpha value is -2.30. The minimum absolute atomic E-state index is 0.0309. The summed E-state index contributed by atoms with van der Waals surface area (Å²) in [5.41, 5.74) is 2.27. The van der Waals surface area contributed by atoms with Crippen LogP contribution in [-0.2, 0) is 7.05 Å². The first-order valence-electron chi connectivity index (χ1n) is 6.50. The molecule has 0 bridgehead atoms. The van der Waals surface area contributed by atoms with Crippen molar-refractivity contribution >= 4 is 5.91 Å². The molecule has 0 atom stereocenters. The Balaban J connectivity index is 2.38. The molecule has 0 saturated heterocycles. The summed E-state index contributed by atoms with van der Waals surface area (Å²) in [6, 6.07) is 9.44. The van der Waals surface area contributed by atoms with Crippen LogP contribution in [0.5, 0.6) is 5.75 Å². The molecule has 1 heterocycles. The number of hydrogen-bond donors (Lipinski definition) is 0. The van der Waals surface area contributed by atoms with Crippen LogP contribution in [0.4, 0.5) is 0 Å². The average Bonchev–Trinajstić information content (AvgIpc) is 2.87. The number of methoxy groups -OCH3 is 1. The van der Waals surface area contributed by atoms with E-state index < -0.39 is 0 Å². The summed E-state index contributed by atoms with van der Waals surface area (Å²) in [6.07, 6.45) is 0. The summed E-state index contributed by atoms with van der Waals surface area (Å²) in [5, 5.41) is 4.41. The van der Waals surface area contributed by atoms with Gasteiger partial charge >= 0.3 is 0 Å². The molecule has 20 heavy (non-hydrogen) atoms. The highest BCUT2D eigenvalue weighted by atomic mass is 16.5. The Morgan fingerprint density at radius 3 is 2.80 bits per heavy atom. The van der Waals surface area contributed by atoms with Crippen molar-refractivity contribution in [1.82, 2.24) is 14.7 Å². The lowest BCUT2D eigenvalue weighted by atomic mass is 10.1. The van der Waals surface area contributed by atoms with Crippen LogP contribution < -0.4 is 4.74 Å². The zero-order chi connectivity index (χ0) is 14.7. The Kier molecular flexibility index (Phi) is 4.08. The van der Waals surface area contributed by atoms with E-state index in [1.54, 1.807) is 30.8 Å². The first kappa shape index (κ1) is 14.1. The molecule has 0 unspecified atom stereocenters. The third-order valence-corrected chi connectivity index (χ3v) is 3.29. The predicted molar refractivity (Wildman–Crippen MR) is 77.8 cm³/mol. The minimum Gasteiger partial charge on any atom is -0.497 e. The maximum atomic E-state index is 12.2. The molecule has 106 valence electrons. The third-order valence-electron chi connectivity index (χ3n) is 3.29. The molecule has 0 N–H and O–H groups in total. The van der Waals surface area contributed by atoms with E-state index in [-0.39, 0.29) is 5.91 Å². The standard InChI is InChI=1S/C15H19N3O2/c1-5-17(2)15(19)14-10-13(16-18(14)3)11-7-6-8-12(9-11)20-4/h6-10H,5H2,1-4H3. The van der Waals surface area contributed by atoms with Gasteiger partial charge in [-0.25, -0.2) is 0 Å². The van der Waals surface area contributed by atoms with Gasteiger partial charge in [-0.3, -0.25) is 9.48 Å². The summed E-state index contributed by atoms with van der Waals surface area (Å²) >= 11 is 0. The largest absolute Gasteiger partial charge is 0.497 e. The van der Waals surface area contributed by atoms with Crippen LogP contribution in [0.15, 0.2) is 30.3 Å². The van der Waals surface area contributed by atoms with Crippen molar-refractivity contribution in [2.24, 2.45) is 7.05 Å². The highest BCUT2D eigenvalue weighted by Gasteiger charge is 2.17. The fraction of sp³-hybridized carbons (Fsp3) is 0.333. The Morgan fingerprint density at radius 2 is 2.15 bits per heavy atom. The Morgan fingerprint density at radius 1 is 1.40 bits per heavy atom. The van der Waals surface area contributed by atoms with E-state index in [1.165, 1.54) is 0 Å². The number of aromatic nitrogens is 2. The lowest BCUT2D eigenvalue weighted by molar-refractivity contribution is 0.0791. The SMILES string of the molecule is CCN(C)C(=O)c1cc(-c2cccc(OC)c2)nn1C. The molecule has 0 radical (unpaired) electrons. The fourth-order valence-corrected chi connectivity index (χ4v) is 1.93. The number of amides is 1. The molecule has 5 nitrogen and oxygen atoms in total. The van der Waals surface area contributed by atoms with Gasteiger partial charge in [0.15, 0.2) is 0 Å². The molecular formula is C15H19N3O2. The van der Waals surface area contributed by atoms with Gasteiger partial charge in [-0.05, 0) is 25.1 Å². The number of rotatable bonds is 4. The molecule has 5 heteroatoms. The molecule has 1 aromatic heterocycles. The summed E-state index contributed by atoms with van der Waals surface area (Å²) in [4.78, 5) is 13.9. The maximum absolute atomic E-state index is 12.2. The van der Waals surface area contributed by atoms with Crippen molar-refractivity contribution in [3.05, 3.63) is 36.0 Å². The number of carbonyl (C=O) groups excluding carboxylic acids is 1. The molecule has 1 aromatic carbocycles. The van der Waals surface area contributed by atoms with Crippen LogP contribution in [0.25, 0.3) is 11.3 Å². The van der Waals surface area contributed by atoms with Crippen molar-refractivity contribution in [2.75, 3.05) is 20.7 Å². The molecule has 1 amide bonds. The van der Waals surface area contributed by atoms with E-state index in [1.807, 2.05) is 37.3 Å². The smallest absolute Gasteiger partial charge is 0.271 e. The third kappa shape index (κ3) is 2.66. The van der Waals surface area contributed by atoms with E-state index in [2.05, 4.69) is 5.10 Å². The lowest BCUT2D eigenvalue weighted by Gasteiger charge is -2.13. The van der Waals surface area contributed by atoms with E-state index in [0.717, 1.165) is 17.0 Å². The van der Waals surface area contributed by atoms with Gasteiger partial charge in [-0.15, -0.1) is 0 Å². The van der Waals surface area contributed by atoms with Gasteiger partial charge in [-0.2, -0.15) is 5.10 Å². The maximum Gasteiger partial charge on any atom is 0.271 e. The highest BCUT2D eigenvalue weighted by molar-refractivity contribution is 5.93. The van der Waals surface area contributed by atoms with Crippen LogP contribution in [0.1, 0.15) is 17.4 Å². The summed E-state index contributed by atoms with van der Waals surface area (Å²) < 4.78 is 6.82. The van der Waals surface area contributed by atoms with Crippen LogP contribution in [0, 0.1) is 0 Å². The Bertz CT molecular complexity index is 619. The monoisotopic (exact) mass is 273 g/mol. The number of nitrogens with zero attached hydrogens (tertiary/aromatic N) is 3. The Labute approximate surface area is 118 Å². The van der Waals surface area contributed by atoms with Crippen LogP contribution in [0.2, 0.25) is 0 Å². The second kappa shape index (κ2) is 5.77. The number of ether oxygens (including phenoxy) is 1. The number of aryl methyl sites for hydroxylation is 1. The molecule has 0 aliphatic carbocycles. The number of carbonyl (C=O) groups is 1. The van der Waals surface area contributed by atoms with E-state index in [9.17, 15) is 4.79 Å². The van der Waals surface area contributed by atoms with Crippen molar-refractivity contribution in [3.8, 4) is 17.0 Å². The molecule has 0 saturated carbocycles. The topological polar surface area (TPSA) is 47.4 Å². The van der Waals surface area contributed by atoms with Gasteiger partial charge in [-0.1, -0.05) is 12.1 Å². The van der Waals surface area contributed by atoms with Crippen molar-refractivity contribution in [3.63, 3.8) is 0 Å². The molecule has 0 aliphatic heterocycles. The first-order valence-corrected chi connectivity index (χ1v) is 6.50. The summed E-state index contributed by atoms with van der Waals surface area (Å²) in [6.45, 7) is 2.61. The van der Waals surface area contributed by atoms with Gasteiger partial charge in [0.25, 0.3) is 5.91 Å². The van der Waals surface area contributed by atoms with Crippen LogP contribution >= 0.6 is 0 Å². The van der Waals surface area contributed by atoms with Gasteiger partial charge < -0.3 is 9.64 Å². The van der Waals surface area contributed by atoms with Gasteiger partial charge in [0, 0.05) is 26.2 Å². The van der Waals surface area contributed by atoms with Gasteiger partial charge in [0.05, 0.1) is 12.8 Å². The van der Waals surface area contributed by atoms with Crippen LogP contribution in [-0.4, -0.2) is 41.3 Å². The quantitative estimate of drug-likeness (QED) is 0.858. The van der Waals surface area contributed by atoms with Gasteiger partial charge in [0.2, 0.25) is 0 Å². The molecule has 0 aliphatic rings. The molecule has 2 rings (SSSR count). The predicted octanol–water partition coefficient (Wildman–Crippen LogP) is 2.19. The fourth-order valence-electron chi connectivity index (χ4n) is 1.93. The molecular weight excluding hydrogens is 254 g/mol. The highest BCUT2D eigenvalue weighted by Crippen LogP contribution is 2.23. The van der Waals surface area contributed by atoms with E-state index in [0.29, 0.717) is 12.2 Å². The first-order chi connectivity index (χ1) is 9.56. The summed E-state index contributed by atoms with van der Waals surface area (Å²) in [7, 11) is 5.18. The second-order valence-electron chi connectivity index (χ2n) is 4.59. The van der Waals surface area contributed by atoms with Crippen LogP contribution in [0.3, 0.4) is 0 Å². The van der Waals surface area contributed by atoms with Crippen molar-refractivity contribution < 1.29 is 9.53 Å². The average molecular weight is 273 g/mol. The van der Waals surface area contributed by atoms with E-state index >= 15 is 0 Å². The van der Waals surface area contributed by atoms with Gasteiger partial charge in [0.1, 0.15) is 11.4 Å². The van der Waals surface area contributed by atoms with E-state index in [4.69, 9.17) is 4.74 Å². The normalized spacial score (nSPS) is 10.4. The van der Waals surface area contributed by atoms with Crippen molar-refractivity contribution in [2.45, 2.75) is 6.92 Å². The summed E-state index contributed by atoms with van der Waals surface area (Å²) in [5.74, 6) is 0.739. The number of benzene rings is 1. The zero-order valence-corrected chi connectivity index (χ0v) is 12.3. The lowest BCUT2D eigenvalue weighted by Crippen LogP contribution is -2.28. The minimum atomic E-state index is -0.0309. The molecule has 0 spiro atoms. The molecule has 0 fully saturated rings. The second-order valence-corrected chi connectivity index (χ2v) is 4.59. The van der Waals surface area contributed by atoms with Crippen molar-refractivity contribution in [1.29, 1.82) is 0 Å². The zero-order valence-electron chi connectivity index (χ0n) is 12.3. The molecule has 2 aromatic rings.